The van der Waals surface area contributed by atoms with Gasteiger partial charge >= 0.3 is 0 Å². The predicted molar refractivity (Wildman–Crippen MR) is 117 cm³/mol. The molecule has 2 N–H and O–H groups in total. The highest BCUT2D eigenvalue weighted by Crippen LogP contribution is 2.34. The minimum Gasteiger partial charge on any atom is -0.373 e. The summed E-state index contributed by atoms with van der Waals surface area (Å²) in [6, 6.07) is 4.59. The Balaban J connectivity index is 0.00000243. The van der Waals surface area contributed by atoms with E-state index in [4.69, 9.17) is 9.73 Å². The predicted octanol–water partition coefficient (Wildman–Crippen LogP) is 2.92. The lowest BCUT2D eigenvalue weighted by atomic mass is 9.96. The van der Waals surface area contributed by atoms with Crippen LogP contribution in [0.5, 0.6) is 0 Å². The Morgan fingerprint density at radius 1 is 1.27 bits per heavy atom. The second kappa shape index (κ2) is 10.3. The third kappa shape index (κ3) is 5.22. The first-order valence-corrected chi connectivity index (χ1v) is 9.63. The first kappa shape index (κ1) is 21.2. The van der Waals surface area contributed by atoms with E-state index in [1.807, 2.05) is 6.20 Å². The van der Waals surface area contributed by atoms with E-state index in [2.05, 4.69) is 53.4 Å². The molecular weight excluding hydrogens is 441 g/mol. The highest BCUT2D eigenvalue weighted by atomic mass is 127. The van der Waals surface area contributed by atoms with Gasteiger partial charge in [0.15, 0.2) is 5.96 Å². The molecule has 3 atom stereocenters. The lowest BCUT2D eigenvalue weighted by Gasteiger charge is -2.22. The van der Waals surface area contributed by atoms with E-state index in [0.29, 0.717) is 24.8 Å². The van der Waals surface area contributed by atoms with Gasteiger partial charge in [0, 0.05) is 25.8 Å². The monoisotopic (exact) mass is 473 g/mol. The standard InChI is InChI=1S/C19H31N5O.HI/c1-4-20-19(23-16-11-15-8-9-17(16)25-15)22-13-14-7-10-18(21-12-14)24(5-2)6-3;/h7,10,12,15-17H,4-6,8-9,11,13H2,1-3H3,(H2,20,22,23);1H. The van der Waals surface area contributed by atoms with Gasteiger partial charge in [-0.05, 0) is 51.7 Å². The molecule has 1 aromatic heterocycles. The molecular formula is C19H32IN5O. The van der Waals surface area contributed by atoms with E-state index < -0.39 is 0 Å². The Morgan fingerprint density at radius 2 is 2.08 bits per heavy atom. The molecule has 0 amide bonds. The van der Waals surface area contributed by atoms with E-state index in [1.54, 1.807) is 0 Å². The molecule has 2 saturated heterocycles. The van der Waals surface area contributed by atoms with Gasteiger partial charge in [-0.2, -0.15) is 0 Å². The molecule has 6 nitrogen and oxygen atoms in total. The number of rotatable bonds is 7. The zero-order chi connectivity index (χ0) is 17.6. The number of fused-ring (bicyclic) bond motifs is 2. The summed E-state index contributed by atoms with van der Waals surface area (Å²) in [5.74, 6) is 1.90. The van der Waals surface area contributed by atoms with Gasteiger partial charge in [-0.15, -0.1) is 24.0 Å². The second-order valence-corrected chi connectivity index (χ2v) is 6.75. The molecule has 0 saturated carbocycles. The molecule has 0 aliphatic carbocycles. The lowest BCUT2D eigenvalue weighted by molar-refractivity contribution is 0.0992. The van der Waals surface area contributed by atoms with E-state index in [0.717, 1.165) is 43.4 Å². The fourth-order valence-electron chi connectivity index (χ4n) is 3.70. The number of ether oxygens (including phenoxy) is 1. The largest absolute Gasteiger partial charge is 0.373 e. The van der Waals surface area contributed by atoms with Crippen molar-refractivity contribution < 1.29 is 4.74 Å². The molecule has 3 rings (SSSR count). The molecule has 0 aromatic carbocycles. The van der Waals surface area contributed by atoms with Crippen LogP contribution in [-0.2, 0) is 11.3 Å². The summed E-state index contributed by atoms with van der Waals surface area (Å²) in [4.78, 5) is 11.5. The Morgan fingerprint density at radius 3 is 2.62 bits per heavy atom. The molecule has 2 bridgehead atoms. The number of aliphatic imine (C=N–C) groups is 1. The molecule has 2 aliphatic rings. The SMILES string of the molecule is CCNC(=NCc1ccc(N(CC)CC)nc1)NC1CC2CCC1O2.I. The maximum atomic E-state index is 5.92. The van der Waals surface area contributed by atoms with Crippen LogP contribution in [0.4, 0.5) is 5.82 Å². The molecule has 1 aromatic rings. The molecule has 0 spiro atoms. The summed E-state index contributed by atoms with van der Waals surface area (Å²) in [5.41, 5.74) is 1.12. The van der Waals surface area contributed by atoms with E-state index >= 15 is 0 Å². The van der Waals surface area contributed by atoms with Crippen molar-refractivity contribution in [2.45, 2.75) is 64.8 Å². The van der Waals surface area contributed by atoms with Crippen LogP contribution < -0.4 is 15.5 Å². The van der Waals surface area contributed by atoms with E-state index in [1.165, 1.54) is 12.8 Å². The van der Waals surface area contributed by atoms with Gasteiger partial charge in [0.1, 0.15) is 5.82 Å². The van der Waals surface area contributed by atoms with E-state index in [9.17, 15) is 0 Å². The summed E-state index contributed by atoms with van der Waals surface area (Å²) in [5, 5.41) is 6.89. The molecule has 7 heteroatoms. The third-order valence-corrected chi connectivity index (χ3v) is 5.09. The smallest absolute Gasteiger partial charge is 0.191 e. The number of anilines is 1. The number of hydrogen-bond donors (Lipinski definition) is 2. The average molecular weight is 473 g/mol. The van der Waals surface area contributed by atoms with Crippen molar-refractivity contribution in [1.82, 2.24) is 15.6 Å². The summed E-state index contributed by atoms with van der Waals surface area (Å²) in [7, 11) is 0. The zero-order valence-corrected chi connectivity index (χ0v) is 18.4. The van der Waals surface area contributed by atoms with Crippen LogP contribution in [0.2, 0.25) is 0 Å². The van der Waals surface area contributed by atoms with E-state index in [-0.39, 0.29) is 24.0 Å². The van der Waals surface area contributed by atoms with Crippen LogP contribution >= 0.6 is 24.0 Å². The minimum absolute atomic E-state index is 0. The number of nitrogens with zero attached hydrogens (tertiary/aromatic N) is 3. The number of guanidine groups is 1. The van der Waals surface area contributed by atoms with Crippen LogP contribution in [0, 0.1) is 0 Å². The third-order valence-electron chi connectivity index (χ3n) is 5.09. The summed E-state index contributed by atoms with van der Waals surface area (Å²) >= 11 is 0. The van der Waals surface area contributed by atoms with Gasteiger partial charge in [0.05, 0.1) is 24.8 Å². The van der Waals surface area contributed by atoms with Gasteiger partial charge in [0.25, 0.3) is 0 Å². The van der Waals surface area contributed by atoms with Gasteiger partial charge in [-0.25, -0.2) is 9.98 Å². The molecule has 3 heterocycles. The maximum absolute atomic E-state index is 5.92. The number of pyridine rings is 1. The number of nitrogens with one attached hydrogen (secondary N) is 2. The van der Waals surface area contributed by atoms with Crippen molar-refractivity contribution in [2.24, 2.45) is 4.99 Å². The fraction of sp³-hybridized carbons (Fsp3) is 0.684. The van der Waals surface area contributed by atoms with Gasteiger partial charge in [-0.1, -0.05) is 6.07 Å². The van der Waals surface area contributed by atoms with Gasteiger partial charge in [-0.3, -0.25) is 0 Å². The summed E-state index contributed by atoms with van der Waals surface area (Å²) < 4.78 is 5.92. The Hall–Kier alpha value is -1.09. The fourth-order valence-corrected chi connectivity index (χ4v) is 3.70. The number of aromatic nitrogens is 1. The topological polar surface area (TPSA) is 61.8 Å². The van der Waals surface area contributed by atoms with Crippen molar-refractivity contribution in [3.63, 3.8) is 0 Å². The van der Waals surface area contributed by atoms with Crippen LogP contribution in [0.25, 0.3) is 0 Å². The van der Waals surface area contributed by atoms with Crippen LogP contribution in [0.3, 0.4) is 0 Å². The first-order valence-electron chi connectivity index (χ1n) is 9.63. The molecule has 0 radical (unpaired) electrons. The Labute approximate surface area is 174 Å². The van der Waals surface area contributed by atoms with Gasteiger partial charge in [0.2, 0.25) is 0 Å². The number of halogens is 1. The van der Waals surface area contributed by atoms with Crippen molar-refractivity contribution in [3.8, 4) is 0 Å². The van der Waals surface area contributed by atoms with Crippen molar-refractivity contribution >= 4 is 35.8 Å². The minimum atomic E-state index is 0. The molecule has 2 aliphatic heterocycles. The van der Waals surface area contributed by atoms with Gasteiger partial charge < -0.3 is 20.3 Å². The Kier molecular flexibility index (Phi) is 8.40. The lowest BCUT2D eigenvalue weighted by Crippen LogP contribution is -2.47. The highest BCUT2D eigenvalue weighted by molar-refractivity contribution is 14.0. The van der Waals surface area contributed by atoms with Crippen molar-refractivity contribution in [2.75, 3.05) is 24.5 Å². The molecule has 3 unspecified atom stereocenters. The average Bonchev–Trinajstić information content (AvgIpc) is 3.25. The molecule has 26 heavy (non-hydrogen) atoms. The number of hydrogen-bond acceptors (Lipinski definition) is 4. The van der Waals surface area contributed by atoms with Crippen LogP contribution in [0.1, 0.15) is 45.6 Å². The van der Waals surface area contributed by atoms with Crippen molar-refractivity contribution in [3.05, 3.63) is 23.9 Å². The quantitative estimate of drug-likeness (QED) is 0.363. The normalized spacial score (nSPS) is 24.3. The maximum Gasteiger partial charge on any atom is 0.191 e. The zero-order valence-electron chi connectivity index (χ0n) is 16.1. The molecule has 2 fully saturated rings. The van der Waals surface area contributed by atoms with Crippen molar-refractivity contribution in [1.29, 1.82) is 0 Å². The second-order valence-electron chi connectivity index (χ2n) is 6.75. The highest BCUT2D eigenvalue weighted by Gasteiger charge is 2.41. The molecule has 146 valence electrons. The van der Waals surface area contributed by atoms with Crippen LogP contribution in [-0.4, -0.2) is 48.8 Å². The summed E-state index contributed by atoms with van der Waals surface area (Å²) in [6.45, 7) is 9.82. The van der Waals surface area contributed by atoms with Crippen LogP contribution in [0.15, 0.2) is 23.3 Å². The first-order chi connectivity index (χ1) is 12.2. The Bertz CT molecular complexity index is 576. The summed E-state index contributed by atoms with van der Waals surface area (Å²) in [6.07, 6.45) is 6.20.